The molecule has 1 aromatic carbocycles. The van der Waals surface area contributed by atoms with Crippen molar-refractivity contribution in [3.8, 4) is 0 Å². The Balaban J connectivity index is 2.81. The molecule has 0 amide bonds. The van der Waals surface area contributed by atoms with Gasteiger partial charge in [-0.05, 0) is 24.1 Å². The van der Waals surface area contributed by atoms with Gasteiger partial charge < -0.3 is 5.11 Å². The molecule has 1 nitrogen and oxygen atoms in total. The molecule has 0 aromatic heterocycles. The van der Waals surface area contributed by atoms with E-state index in [1.54, 1.807) is 12.1 Å². The van der Waals surface area contributed by atoms with Gasteiger partial charge in [-0.3, -0.25) is 0 Å². The van der Waals surface area contributed by atoms with Crippen LogP contribution in [0, 0.1) is 0 Å². The first-order valence-electron chi connectivity index (χ1n) is 3.67. The van der Waals surface area contributed by atoms with E-state index in [0.717, 1.165) is 12.0 Å². The van der Waals surface area contributed by atoms with Crippen molar-refractivity contribution in [3.63, 3.8) is 0 Å². The number of aliphatic hydroxyl groups excluding tert-OH is 1. The molecule has 0 saturated heterocycles. The lowest BCUT2D eigenvalue weighted by Crippen LogP contribution is -1.93. The van der Waals surface area contributed by atoms with Gasteiger partial charge in [0.05, 0.1) is 6.10 Å². The first kappa shape index (κ1) is 8.57. The van der Waals surface area contributed by atoms with Gasteiger partial charge in [0, 0.05) is 5.02 Å². The Morgan fingerprint density at radius 2 is 1.91 bits per heavy atom. The van der Waals surface area contributed by atoms with Crippen molar-refractivity contribution in [2.75, 3.05) is 0 Å². The van der Waals surface area contributed by atoms with Gasteiger partial charge in [0.15, 0.2) is 0 Å². The highest BCUT2D eigenvalue weighted by Gasteiger charge is 2.02. The van der Waals surface area contributed by atoms with Crippen molar-refractivity contribution in [1.82, 2.24) is 0 Å². The fraction of sp³-hybridized carbons (Fsp3) is 0.333. The molecule has 1 N–H and O–H groups in total. The zero-order valence-corrected chi connectivity index (χ0v) is 7.17. The van der Waals surface area contributed by atoms with Crippen LogP contribution in [-0.4, -0.2) is 5.11 Å². The molecule has 0 bridgehead atoms. The minimum Gasteiger partial charge on any atom is -0.388 e. The van der Waals surface area contributed by atoms with E-state index in [1.807, 2.05) is 19.1 Å². The van der Waals surface area contributed by atoms with Crippen LogP contribution in [-0.2, 0) is 0 Å². The van der Waals surface area contributed by atoms with Crippen LogP contribution in [0.2, 0.25) is 5.02 Å². The molecule has 0 radical (unpaired) electrons. The number of benzene rings is 1. The predicted octanol–water partition coefficient (Wildman–Crippen LogP) is 2.78. The zero-order valence-electron chi connectivity index (χ0n) is 6.42. The second-order valence-electron chi connectivity index (χ2n) is 2.48. The summed E-state index contributed by atoms with van der Waals surface area (Å²) in [5, 5.41) is 10.1. The van der Waals surface area contributed by atoms with Crippen LogP contribution in [0.3, 0.4) is 0 Å². The van der Waals surface area contributed by atoms with Crippen LogP contribution in [0.15, 0.2) is 24.3 Å². The lowest BCUT2D eigenvalue weighted by molar-refractivity contribution is 0.173. The number of aliphatic hydroxyl groups is 1. The molecule has 0 heterocycles. The summed E-state index contributed by atoms with van der Waals surface area (Å²) < 4.78 is 0. The molecule has 0 spiro atoms. The third kappa shape index (κ3) is 2.21. The van der Waals surface area contributed by atoms with Crippen molar-refractivity contribution >= 4 is 11.6 Å². The molecule has 1 aromatic rings. The summed E-state index contributed by atoms with van der Waals surface area (Å²) in [6.45, 7) is 1.94. The second-order valence-corrected chi connectivity index (χ2v) is 2.91. The van der Waals surface area contributed by atoms with E-state index >= 15 is 0 Å². The highest BCUT2D eigenvalue weighted by molar-refractivity contribution is 6.30. The third-order valence-corrected chi connectivity index (χ3v) is 1.89. The van der Waals surface area contributed by atoms with Gasteiger partial charge in [0.1, 0.15) is 0 Å². The summed E-state index contributed by atoms with van der Waals surface area (Å²) in [6, 6.07) is 7.26. The van der Waals surface area contributed by atoms with E-state index in [0.29, 0.717) is 5.02 Å². The maximum absolute atomic E-state index is 9.38. The van der Waals surface area contributed by atoms with Gasteiger partial charge in [-0.15, -0.1) is 0 Å². The van der Waals surface area contributed by atoms with E-state index in [-0.39, 0.29) is 6.10 Å². The standard InChI is InChI=1S/C9H11ClO/c1-2-9(11)7-3-5-8(10)6-4-7/h3-6,9,11H,2H2,1H3/t9-/m0/s1. The molecule has 0 fully saturated rings. The lowest BCUT2D eigenvalue weighted by Gasteiger charge is -2.06. The zero-order chi connectivity index (χ0) is 8.27. The topological polar surface area (TPSA) is 20.2 Å². The number of rotatable bonds is 2. The second kappa shape index (κ2) is 3.74. The van der Waals surface area contributed by atoms with Gasteiger partial charge in [-0.25, -0.2) is 0 Å². The molecular formula is C9H11ClO. The first-order chi connectivity index (χ1) is 5.24. The maximum atomic E-state index is 9.38. The highest BCUT2D eigenvalue weighted by atomic mass is 35.5. The van der Waals surface area contributed by atoms with E-state index in [2.05, 4.69) is 0 Å². The molecule has 0 aliphatic rings. The quantitative estimate of drug-likeness (QED) is 0.724. The Morgan fingerprint density at radius 3 is 2.36 bits per heavy atom. The van der Waals surface area contributed by atoms with Crippen LogP contribution >= 0.6 is 11.6 Å². The average Bonchev–Trinajstić information content (AvgIpc) is 2.05. The summed E-state index contributed by atoms with van der Waals surface area (Å²) in [4.78, 5) is 0. The van der Waals surface area contributed by atoms with E-state index in [4.69, 9.17) is 11.6 Å². The molecule has 60 valence electrons. The molecule has 11 heavy (non-hydrogen) atoms. The van der Waals surface area contributed by atoms with E-state index < -0.39 is 0 Å². The summed E-state index contributed by atoms with van der Waals surface area (Å²) in [6.07, 6.45) is 0.383. The maximum Gasteiger partial charge on any atom is 0.0787 e. The Labute approximate surface area is 71.6 Å². The number of halogens is 1. The Hall–Kier alpha value is -0.530. The Bertz CT molecular complexity index is 218. The summed E-state index contributed by atoms with van der Waals surface area (Å²) in [5.41, 5.74) is 0.928. The summed E-state index contributed by atoms with van der Waals surface area (Å²) >= 11 is 5.68. The fourth-order valence-electron chi connectivity index (χ4n) is 0.921. The van der Waals surface area contributed by atoms with Crippen LogP contribution in [0.5, 0.6) is 0 Å². The van der Waals surface area contributed by atoms with Crippen LogP contribution < -0.4 is 0 Å². The molecule has 0 aliphatic heterocycles. The van der Waals surface area contributed by atoms with Crippen molar-refractivity contribution in [2.24, 2.45) is 0 Å². The van der Waals surface area contributed by atoms with Crippen molar-refractivity contribution in [1.29, 1.82) is 0 Å². The lowest BCUT2D eigenvalue weighted by atomic mass is 10.1. The largest absolute Gasteiger partial charge is 0.388 e. The Morgan fingerprint density at radius 1 is 1.36 bits per heavy atom. The SMILES string of the molecule is CC[C@H](O)c1ccc(Cl)cc1. The molecule has 2 heteroatoms. The average molecular weight is 171 g/mol. The predicted molar refractivity (Wildman–Crippen MR) is 46.7 cm³/mol. The summed E-state index contributed by atoms with van der Waals surface area (Å²) in [5.74, 6) is 0. The monoisotopic (exact) mass is 170 g/mol. The minimum absolute atomic E-state index is 0.354. The Kier molecular flexibility index (Phi) is 2.92. The van der Waals surface area contributed by atoms with Gasteiger partial charge in [0.25, 0.3) is 0 Å². The molecular weight excluding hydrogens is 160 g/mol. The smallest absolute Gasteiger partial charge is 0.0787 e. The molecule has 1 atom stereocenters. The van der Waals surface area contributed by atoms with E-state index in [9.17, 15) is 5.11 Å². The van der Waals surface area contributed by atoms with Crippen LogP contribution in [0.25, 0.3) is 0 Å². The number of hydrogen-bond acceptors (Lipinski definition) is 1. The van der Waals surface area contributed by atoms with Crippen molar-refractivity contribution in [3.05, 3.63) is 34.9 Å². The third-order valence-electron chi connectivity index (χ3n) is 1.64. The highest BCUT2D eigenvalue weighted by Crippen LogP contribution is 2.18. The molecule has 1 rings (SSSR count). The molecule has 0 aliphatic carbocycles. The van der Waals surface area contributed by atoms with Crippen LogP contribution in [0.1, 0.15) is 25.0 Å². The minimum atomic E-state index is -0.354. The van der Waals surface area contributed by atoms with Gasteiger partial charge >= 0.3 is 0 Å². The van der Waals surface area contributed by atoms with Crippen LogP contribution in [0.4, 0.5) is 0 Å². The molecule has 0 saturated carbocycles. The van der Waals surface area contributed by atoms with Crippen molar-refractivity contribution in [2.45, 2.75) is 19.4 Å². The van der Waals surface area contributed by atoms with Gasteiger partial charge in [0.2, 0.25) is 0 Å². The van der Waals surface area contributed by atoms with E-state index in [1.165, 1.54) is 0 Å². The van der Waals surface area contributed by atoms with Crippen molar-refractivity contribution < 1.29 is 5.11 Å². The first-order valence-corrected chi connectivity index (χ1v) is 4.05. The number of hydrogen-bond donors (Lipinski definition) is 1. The summed E-state index contributed by atoms with van der Waals surface area (Å²) in [7, 11) is 0. The fourth-order valence-corrected chi connectivity index (χ4v) is 1.05. The normalized spacial score (nSPS) is 13.0. The van der Waals surface area contributed by atoms with Gasteiger partial charge in [-0.1, -0.05) is 30.7 Å². The van der Waals surface area contributed by atoms with Gasteiger partial charge in [-0.2, -0.15) is 0 Å². The molecule has 0 unspecified atom stereocenters.